The number of fused-ring (bicyclic) bond motifs is 2. The number of para-hydroxylation sites is 1. The number of likely N-dealkylation sites (N-methyl/N-ethyl adjacent to an activating group) is 1. The first kappa shape index (κ1) is 41.4. The monoisotopic (exact) mass is 810 g/mol. The van der Waals surface area contributed by atoms with Gasteiger partial charge in [0.15, 0.2) is 5.60 Å². The van der Waals surface area contributed by atoms with E-state index in [1.165, 1.54) is 6.92 Å². The van der Waals surface area contributed by atoms with Crippen molar-refractivity contribution in [3.63, 3.8) is 0 Å². The molecule has 0 radical (unpaired) electrons. The average molecular weight is 811 g/mol. The fourth-order valence-electron chi connectivity index (χ4n) is 13.4. The molecule has 2 saturated heterocycles. The predicted molar refractivity (Wildman–Crippen MR) is 178 cm³/mol. The molecule has 1 spiro atoms. The van der Waals surface area contributed by atoms with Crippen LogP contribution in [0.3, 0.4) is 0 Å². The van der Waals surface area contributed by atoms with E-state index in [0.717, 1.165) is 9.80 Å². The Kier molecular flexibility index (Phi) is 10.5. The number of hydrogen-bond acceptors (Lipinski definition) is 15. The van der Waals surface area contributed by atoms with Crippen LogP contribution in [0.4, 0.5) is 5.69 Å². The summed E-state index contributed by atoms with van der Waals surface area (Å²) in [5, 5.41) is 26.7. The second kappa shape index (κ2) is 14.2. The van der Waals surface area contributed by atoms with Gasteiger partial charge in [-0.15, -0.1) is 10.2 Å². The van der Waals surface area contributed by atoms with Gasteiger partial charge in [-0.3, -0.25) is 14.4 Å². The summed E-state index contributed by atoms with van der Waals surface area (Å²) in [5.41, 5.74) is -4.58. The van der Waals surface area contributed by atoms with E-state index >= 15 is 0 Å². The van der Waals surface area contributed by atoms with Gasteiger partial charge in [0.2, 0.25) is 11.8 Å². The van der Waals surface area contributed by atoms with Gasteiger partial charge in [-0.2, -0.15) is 0 Å². The number of halogens is 1. The molecule has 56 heavy (non-hydrogen) atoms. The lowest BCUT2D eigenvalue weighted by Gasteiger charge is -2.67. The lowest BCUT2D eigenvalue weighted by atomic mass is 9.42. The largest absolute Gasteiger partial charge is 0.462 e. The molecule has 2 aliphatic heterocycles. The zero-order valence-corrected chi connectivity index (χ0v) is 33.0. The number of nitrogens with one attached hydrogen (secondary N) is 1. The lowest BCUT2D eigenvalue weighted by molar-refractivity contribution is -2.00. The number of methoxy groups -OCH3 is 3. The third-order valence-electron chi connectivity index (χ3n) is 14.8. The van der Waals surface area contributed by atoms with Crippen molar-refractivity contribution in [1.82, 2.24) is 0 Å². The number of esters is 2. The van der Waals surface area contributed by atoms with Crippen LogP contribution in [-0.2, 0) is 38.1 Å². The highest BCUT2D eigenvalue weighted by atomic mass is 35.7. The molecule has 15 atom stereocenters. The second-order valence-electron chi connectivity index (χ2n) is 16.9. The summed E-state index contributed by atoms with van der Waals surface area (Å²) < 4.78 is 65.2. The molecular formula is C38H51ClN2O15. The SMILES string of the molecule is CC[NH+]1C[C@]2(COC(=O)c3ccccc3N3C(=O)CC(C)C3=O)CC[C@H](OC)C34[C@@H]5C[C@H]6[C@H](OC(C)=O)[C@@H]5[C@](O)(C[C@@H]6OC)[C@](O)([C@@H](OC)[C@@H]32)[C@@H]14.[O-][Cl+3]([O-])([O-])[O-]. The molecule has 3 N–H and O–H groups in total. The van der Waals surface area contributed by atoms with Gasteiger partial charge in [0, 0.05) is 64.8 Å². The Morgan fingerprint density at radius 3 is 2.30 bits per heavy atom. The van der Waals surface area contributed by atoms with Gasteiger partial charge < -0.3 is 38.8 Å². The number of carbonyl (C=O) groups excluding carboxylic acids is 4. The van der Waals surface area contributed by atoms with E-state index in [2.05, 4.69) is 6.92 Å². The molecule has 310 valence electrons. The van der Waals surface area contributed by atoms with Crippen LogP contribution in [0.15, 0.2) is 24.3 Å². The van der Waals surface area contributed by atoms with Crippen molar-refractivity contribution in [2.75, 3.05) is 45.9 Å². The van der Waals surface area contributed by atoms with Crippen molar-refractivity contribution in [1.29, 1.82) is 0 Å². The summed E-state index contributed by atoms with van der Waals surface area (Å²) in [5.74, 6) is -3.65. The number of piperidine rings is 1. The molecular weight excluding hydrogens is 760 g/mol. The molecule has 7 aliphatic rings. The number of quaternary nitrogens is 1. The van der Waals surface area contributed by atoms with Gasteiger partial charge in [-0.05, 0) is 44.2 Å². The molecule has 17 nitrogen and oxygen atoms in total. The van der Waals surface area contributed by atoms with Crippen molar-refractivity contribution in [3.05, 3.63) is 29.8 Å². The normalized spacial score (nSPS) is 44.3. The maximum atomic E-state index is 14.1. The van der Waals surface area contributed by atoms with Crippen LogP contribution in [0.25, 0.3) is 0 Å². The number of imide groups is 1. The Morgan fingerprint density at radius 2 is 1.73 bits per heavy atom. The quantitative estimate of drug-likeness (QED) is 0.158. The highest BCUT2D eigenvalue weighted by Gasteiger charge is 2.94. The van der Waals surface area contributed by atoms with E-state index < -0.39 is 80.4 Å². The Hall–Kier alpha value is -2.81. The number of benzene rings is 1. The van der Waals surface area contributed by atoms with Gasteiger partial charge in [0.05, 0.1) is 53.5 Å². The second-order valence-corrected chi connectivity index (χ2v) is 17.6. The van der Waals surface area contributed by atoms with Crippen molar-refractivity contribution < 1.29 is 86.9 Å². The van der Waals surface area contributed by atoms with Gasteiger partial charge in [0.25, 0.3) is 0 Å². The van der Waals surface area contributed by atoms with E-state index in [1.54, 1.807) is 52.5 Å². The Labute approximate surface area is 326 Å². The molecule has 2 amide bonds. The minimum atomic E-state index is -4.94. The summed E-state index contributed by atoms with van der Waals surface area (Å²) in [6, 6.07) is 6.05. The van der Waals surface area contributed by atoms with Gasteiger partial charge >= 0.3 is 11.9 Å². The van der Waals surface area contributed by atoms with Crippen molar-refractivity contribution in [3.8, 4) is 0 Å². The molecule has 1 aromatic carbocycles. The standard InChI is InChI=1S/C38H50N2O11.ClHO4/c1-7-39-17-35(18-50-33(44)21-10-8-9-11-24(21)40-27(42)14-19(2)32(40)43)13-12-26(48-5)37-23-15-22-25(47-4)16-36(45,28(23)29(22)51-20(3)41)38(46,34(37)39)31(49-6)30(35)37;2-1(3,4)5/h8-11,19,22-23,25-26,28-31,34,45-46H,7,12-18H2,1-6H3;(H,2,3,4,5)/t19?,22-,23-,25+,26+,28-,29+,30-,31+,34+,35+,36-,37?,38+;/m1./s1. The first-order valence-electron chi connectivity index (χ1n) is 19.1. The molecule has 7 fully saturated rings. The molecule has 5 aliphatic carbocycles. The molecule has 2 heterocycles. The number of nitrogens with zero attached hydrogens (tertiary/aromatic N) is 1. The van der Waals surface area contributed by atoms with Crippen LogP contribution in [-0.4, -0.2) is 117 Å². The third-order valence-corrected chi connectivity index (χ3v) is 14.8. The number of amides is 2. The van der Waals surface area contributed by atoms with Crippen LogP contribution < -0.4 is 28.4 Å². The molecule has 18 heteroatoms. The van der Waals surface area contributed by atoms with Crippen LogP contribution in [0, 0.1) is 50.7 Å². The van der Waals surface area contributed by atoms with E-state index in [9.17, 15) is 29.4 Å². The summed E-state index contributed by atoms with van der Waals surface area (Å²) in [4.78, 5) is 54.7. The van der Waals surface area contributed by atoms with Crippen LogP contribution >= 0.6 is 0 Å². The van der Waals surface area contributed by atoms with E-state index in [-0.39, 0.29) is 66.4 Å². The summed E-state index contributed by atoms with van der Waals surface area (Å²) >= 11 is 0. The fourth-order valence-corrected chi connectivity index (χ4v) is 13.4. The Bertz CT molecular complexity index is 1750. The third kappa shape index (κ3) is 5.64. The highest BCUT2D eigenvalue weighted by Crippen LogP contribution is 2.78. The molecule has 0 aromatic heterocycles. The molecule has 7 bridgehead atoms. The summed E-state index contributed by atoms with van der Waals surface area (Å²) in [7, 11) is -0.0687. The zero-order chi connectivity index (χ0) is 40.9. The van der Waals surface area contributed by atoms with E-state index in [4.69, 9.17) is 42.3 Å². The van der Waals surface area contributed by atoms with Crippen molar-refractivity contribution in [2.24, 2.45) is 40.4 Å². The number of anilines is 1. The molecule has 5 saturated carbocycles. The number of aliphatic hydroxyl groups is 2. The predicted octanol–water partition coefficient (Wildman–Crippen LogP) is -4.22. The van der Waals surface area contributed by atoms with Crippen molar-refractivity contribution in [2.45, 2.75) is 94.5 Å². The number of rotatable bonds is 9. The Balaban J connectivity index is 0.000000905. The topological polar surface area (TPSA) is 255 Å². The highest BCUT2D eigenvalue weighted by molar-refractivity contribution is 6.22. The number of hydrogen-bond donors (Lipinski definition) is 3. The summed E-state index contributed by atoms with van der Waals surface area (Å²) in [6.07, 6.45) is -0.179. The lowest BCUT2D eigenvalue weighted by Crippen LogP contribution is -3.23. The van der Waals surface area contributed by atoms with E-state index in [1.807, 2.05) is 0 Å². The number of carbonyl (C=O) groups is 4. The minimum absolute atomic E-state index is 0.000782. The molecule has 8 rings (SSSR count). The maximum absolute atomic E-state index is 14.1. The first-order valence-corrected chi connectivity index (χ1v) is 20.3. The van der Waals surface area contributed by atoms with Crippen LogP contribution in [0.5, 0.6) is 0 Å². The summed E-state index contributed by atoms with van der Waals surface area (Å²) in [6.45, 7) is 6.33. The maximum Gasteiger partial charge on any atom is 0.340 e. The zero-order valence-electron chi connectivity index (χ0n) is 32.3. The Morgan fingerprint density at radius 1 is 1.05 bits per heavy atom. The smallest absolute Gasteiger partial charge is 0.340 e. The molecule has 1 aromatic rings. The number of ether oxygens (including phenoxy) is 5. The minimum Gasteiger partial charge on any atom is -0.462 e. The fraction of sp³-hybridized carbons (Fsp3) is 0.737. The van der Waals surface area contributed by atoms with Crippen LogP contribution in [0.1, 0.15) is 63.2 Å². The van der Waals surface area contributed by atoms with E-state index in [0.29, 0.717) is 32.4 Å². The average Bonchev–Trinajstić information content (AvgIpc) is 3.64. The van der Waals surface area contributed by atoms with Gasteiger partial charge in [-0.25, -0.2) is 28.3 Å². The van der Waals surface area contributed by atoms with Crippen molar-refractivity contribution >= 4 is 29.4 Å². The van der Waals surface area contributed by atoms with Crippen LogP contribution in [0.2, 0.25) is 0 Å². The molecule has 3 unspecified atom stereocenters. The van der Waals surface area contributed by atoms with Gasteiger partial charge in [-0.1, -0.05) is 19.1 Å². The van der Waals surface area contributed by atoms with Gasteiger partial charge in [0.1, 0.15) is 24.4 Å². The first-order chi connectivity index (χ1) is 26.3. The number of likely N-dealkylation sites (tertiary alicyclic amines) is 1.